The van der Waals surface area contributed by atoms with E-state index in [1.807, 2.05) is 54.6 Å². The second kappa shape index (κ2) is 11.1. The number of rotatable bonds is 6. The summed E-state index contributed by atoms with van der Waals surface area (Å²) < 4.78 is 6.11. The third-order valence-electron chi connectivity index (χ3n) is 7.06. The van der Waals surface area contributed by atoms with E-state index in [9.17, 15) is 0 Å². The van der Waals surface area contributed by atoms with E-state index in [1.54, 1.807) is 0 Å². The molecule has 188 valence electrons. The summed E-state index contributed by atoms with van der Waals surface area (Å²) in [5, 5.41) is 0.722. The van der Waals surface area contributed by atoms with Crippen LogP contribution in [0.4, 0.5) is 5.69 Å². The highest BCUT2D eigenvalue weighted by Crippen LogP contribution is 2.37. The molecule has 5 aromatic rings. The molecule has 0 saturated carbocycles. The summed E-state index contributed by atoms with van der Waals surface area (Å²) in [5.74, 6) is 1.61. The van der Waals surface area contributed by atoms with Crippen molar-refractivity contribution >= 4 is 40.8 Å². The minimum atomic E-state index is -0.0369. The van der Waals surface area contributed by atoms with Crippen molar-refractivity contribution in [3.8, 4) is 11.5 Å². The van der Waals surface area contributed by atoms with Crippen LogP contribution in [0.1, 0.15) is 16.7 Å². The lowest BCUT2D eigenvalue weighted by Crippen LogP contribution is -2.51. The molecule has 1 aliphatic rings. The van der Waals surface area contributed by atoms with E-state index in [-0.39, 0.29) is 6.85 Å². The molecule has 0 bridgehead atoms. The monoisotopic (exact) mass is 523 g/mol. The SMILES string of the molecule is Cc1ccccc1B1C(c2ccccc2)=CC=C(c2ccc(Cl)cc2)N1c1ccc(Oc2ccccc2)cc1. The predicted octanol–water partition coefficient (Wildman–Crippen LogP) is 8.82. The molecule has 39 heavy (non-hydrogen) atoms. The zero-order chi connectivity index (χ0) is 26.6. The van der Waals surface area contributed by atoms with Crippen molar-refractivity contribution in [2.75, 3.05) is 4.81 Å². The average molecular weight is 524 g/mol. The number of hydrogen-bond acceptors (Lipinski definition) is 2. The standard InChI is InChI=1S/C35H27BClNO/c1-26-10-8-9-15-33(26)36-34(27-11-4-2-5-12-27)24-25-35(28-16-18-29(37)19-17-28)38(36)30-20-22-32(23-21-30)39-31-13-6-3-7-14-31/h2-25H,1H3. The van der Waals surface area contributed by atoms with Crippen LogP contribution in [0, 0.1) is 6.92 Å². The number of aryl methyl sites for hydroxylation is 1. The number of para-hydroxylation sites is 1. The first-order valence-electron chi connectivity index (χ1n) is 13.1. The van der Waals surface area contributed by atoms with Gasteiger partial charge in [0.2, 0.25) is 0 Å². The fourth-order valence-corrected chi connectivity index (χ4v) is 5.27. The van der Waals surface area contributed by atoms with Gasteiger partial charge in [0.05, 0.1) is 0 Å². The molecule has 0 saturated heterocycles. The fraction of sp³-hybridized carbons (Fsp3) is 0.0286. The maximum absolute atomic E-state index is 6.28. The number of benzene rings is 5. The smallest absolute Gasteiger partial charge is 0.329 e. The van der Waals surface area contributed by atoms with E-state index < -0.39 is 0 Å². The van der Waals surface area contributed by atoms with Crippen LogP contribution in [0.5, 0.6) is 11.5 Å². The van der Waals surface area contributed by atoms with Gasteiger partial charge in [-0.05, 0) is 83.6 Å². The second-order valence-corrected chi connectivity index (χ2v) is 10.0. The minimum Gasteiger partial charge on any atom is -0.457 e. The molecule has 0 fully saturated rings. The van der Waals surface area contributed by atoms with Crippen molar-refractivity contribution in [1.29, 1.82) is 0 Å². The first kappa shape index (κ1) is 24.8. The van der Waals surface area contributed by atoms with Crippen LogP contribution in [-0.2, 0) is 0 Å². The molecule has 0 aromatic heterocycles. The average Bonchev–Trinajstić information content (AvgIpc) is 2.99. The van der Waals surface area contributed by atoms with Crippen LogP contribution >= 0.6 is 11.6 Å². The molecule has 0 unspecified atom stereocenters. The molecule has 0 atom stereocenters. The number of ether oxygens (including phenoxy) is 1. The molecule has 1 aliphatic heterocycles. The van der Waals surface area contributed by atoms with Crippen molar-refractivity contribution < 1.29 is 4.74 Å². The Hall–Kier alpha value is -4.47. The van der Waals surface area contributed by atoms with Gasteiger partial charge in [0.1, 0.15) is 11.5 Å². The maximum Gasteiger partial charge on any atom is 0.329 e. The van der Waals surface area contributed by atoms with E-state index in [1.165, 1.54) is 22.1 Å². The lowest BCUT2D eigenvalue weighted by Gasteiger charge is -2.38. The first-order valence-corrected chi connectivity index (χ1v) is 13.5. The van der Waals surface area contributed by atoms with Crippen LogP contribution in [0.15, 0.2) is 146 Å². The van der Waals surface area contributed by atoms with Crippen molar-refractivity contribution in [2.24, 2.45) is 0 Å². The minimum absolute atomic E-state index is 0.0369. The zero-order valence-electron chi connectivity index (χ0n) is 21.7. The summed E-state index contributed by atoms with van der Waals surface area (Å²) in [4.78, 5) is 2.43. The number of nitrogens with zero attached hydrogens (tertiary/aromatic N) is 1. The van der Waals surface area contributed by atoms with Gasteiger partial charge in [-0.15, -0.1) is 0 Å². The molecular weight excluding hydrogens is 497 g/mol. The zero-order valence-corrected chi connectivity index (χ0v) is 22.4. The van der Waals surface area contributed by atoms with Gasteiger partial charge in [-0.25, -0.2) is 0 Å². The van der Waals surface area contributed by atoms with E-state index in [4.69, 9.17) is 16.3 Å². The molecule has 1 heterocycles. The quantitative estimate of drug-likeness (QED) is 0.206. The normalized spacial score (nSPS) is 13.1. The van der Waals surface area contributed by atoms with E-state index in [0.29, 0.717) is 0 Å². The molecule has 4 heteroatoms. The third-order valence-corrected chi connectivity index (χ3v) is 7.31. The highest BCUT2D eigenvalue weighted by molar-refractivity contribution is 6.94. The lowest BCUT2D eigenvalue weighted by atomic mass is 9.44. The Bertz CT molecular complexity index is 1630. The number of allylic oxidation sites excluding steroid dienone is 2. The van der Waals surface area contributed by atoms with Gasteiger partial charge in [0.15, 0.2) is 0 Å². The van der Waals surface area contributed by atoms with Gasteiger partial charge >= 0.3 is 6.85 Å². The van der Waals surface area contributed by atoms with Gasteiger partial charge in [-0.2, -0.15) is 0 Å². The summed E-state index contributed by atoms with van der Waals surface area (Å²) in [6.07, 6.45) is 4.48. The lowest BCUT2D eigenvalue weighted by molar-refractivity contribution is 0.483. The van der Waals surface area contributed by atoms with Crippen molar-refractivity contribution in [3.63, 3.8) is 0 Å². The van der Waals surface area contributed by atoms with Crippen molar-refractivity contribution in [1.82, 2.24) is 0 Å². The fourth-order valence-electron chi connectivity index (χ4n) is 5.15. The Kier molecular flexibility index (Phi) is 7.08. The van der Waals surface area contributed by atoms with E-state index in [2.05, 4.69) is 103 Å². The molecule has 6 rings (SSSR count). The predicted molar refractivity (Wildman–Crippen MR) is 166 cm³/mol. The Morgan fingerprint density at radius 1 is 0.590 bits per heavy atom. The van der Waals surface area contributed by atoms with Crippen LogP contribution < -0.4 is 15.0 Å². The van der Waals surface area contributed by atoms with Crippen LogP contribution in [-0.4, -0.2) is 6.85 Å². The maximum atomic E-state index is 6.28. The largest absolute Gasteiger partial charge is 0.457 e. The Balaban J connectivity index is 1.50. The number of halogens is 1. The summed E-state index contributed by atoms with van der Waals surface area (Å²) in [7, 11) is 0. The molecule has 0 amide bonds. The van der Waals surface area contributed by atoms with Gasteiger partial charge < -0.3 is 9.55 Å². The molecule has 0 aliphatic carbocycles. The van der Waals surface area contributed by atoms with Gasteiger partial charge in [0, 0.05) is 16.4 Å². The van der Waals surface area contributed by atoms with Gasteiger partial charge in [-0.3, -0.25) is 0 Å². The molecule has 2 nitrogen and oxygen atoms in total. The number of anilines is 1. The summed E-state index contributed by atoms with van der Waals surface area (Å²) in [5.41, 5.74) is 8.24. The van der Waals surface area contributed by atoms with Gasteiger partial charge in [-0.1, -0.05) is 108 Å². The molecule has 0 N–H and O–H groups in total. The van der Waals surface area contributed by atoms with Crippen LogP contribution in [0.2, 0.25) is 5.02 Å². The topological polar surface area (TPSA) is 12.5 Å². The number of hydrogen-bond donors (Lipinski definition) is 0. The van der Waals surface area contributed by atoms with Crippen molar-refractivity contribution in [2.45, 2.75) is 6.92 Å². The Labute approximate surface area is 235 Å². The molecular formula is C35H27BClNO. The summed E-state index contributed by atoms with van der Waals surface area (Å²) in [6, 6.07) is 45.6. The molecule has 5 aromatic carbocycles. The molecule has 0 spiro atoms. The summed E-state index contributed by atoms with van der Waals surface area (Å²) in [6.45, 7) is 2.15. The van der Waals surface area contributed by atoms with Gasteiger partial charge in [0.25, 0.3) is 0 Å². The van der Waals surface area contributed by atoms with Crippen LogP contribution in [0.3, 0.4) is 0 Å². The second-order valence-electron chi connectivity index (χ2n) is 9.58. The highest BCUT2D eigenvalue weighted by atomic mass is 35.5. The van der Waals surface area contributed by atoms with E-state index >= 15 is 0 Å². The highest BCUT2D eigenvalue weighted by Gasteiger charge is 2.36. The third kappa shape index (κ3) is 5.27. The van der Waals surface area contributed by atoms with Crippen LogP contribution in [0.25, 0.3) is 11.2 Å². The first-order chi connectivity index (χ1) is 19.2. The summed E-state index contributed by atoms with van der Waals surface area (Å²) >= 11 is 6.28. The Morgan fingerprint density at radius 2 is 1.21 bits per heavy atom. The van der Waals surface area contributed by atoms with Crippen molar-refractivity contribution in [3.05, 3.63) is 167 Å². The Morgan fingerprint density at radius 3 is 1.90 bits per heavy atom. The van der Waals surface area contributed by atoms with E-state index in [0.717, 1.165) is 33.5 Å². The molecule has 0 radical (unpaired) electrons.